The lowest BCUT2D eigenvalue weighted by Crippen LogP contribution is -2.19. The van der Waals surface area contributed by atoms with Gasteiger partial charge < -0.3 is 15.2 Å². The molecule has 0 fully saturated rings. The highest BCUT2D eigenvalue weighted by molar-refractivity contribution is 6.30. The van der Waals surface area contributed by atoms with Crippen molar-refractivity contribution in [1.29, 1.82) is 0 Å². The number of aromatic nitrogens is 2. The van der Waals surface area contributed by atoms with Crippen molar-refractivity contribution in [2.45, 2.75) is 12.6 Å². The van der Waals surface area contributed by atoms with Crippen LogP contribution in [-0.4, -0.2) is 16.2 Å². The number of halogens is 4. The van der Waals surface area contributed by atoms with E-state index >= 15 is 0 Å². The fourth-order valence-corrected chi connectivity index (χ4v) is 2.28. The minimum atomic E-state index is -4.67. The zero-order valence-electron chi connectivity index (χ0n) is 13.5. The average Bonchev–Trinajstić information content (AvgIpc) is 3.08. The summed E-state index contributed by atoms with van der Waals surface area (Å²) in [5.41, 5.74) is 1.74. The van der Waals surface area contributed by atoms with Gasteiger partial charge >= 0.3 is 18.1 Å². The maximum Gasteiger partial charge on any atom is 0.471 e. The maximum absolute atomic E-state index is 12.4. The molecule has 140 valence electrons. The van der Waals surface area contributed by atoms with Gasteiger partial charge in [0.15, 0.2) is 5.82 Å². The molecule has 2 N–H and O–H groups in total. The molecule has 0 radical (unpaired) electrons. The summed E-state index contributed by atoms with van der Waals surface area (Å²) in [6.45, 7) is 0. The maximum atomic E-state index is 12.4. The molecule has 27 heavy (non-hydrogen) atoms. The second-order valence-electron chi connectivity index (χ2n) is 5.47. The van der Waals surface area contributed by atoms with E-state index in [4.69, 9.17) is 11.6 Å². The molecule has 1 aromatic heterocycles. The summed E-state index contributed by atoms with van der Waals surface area (Å²) in [4.78, 5) is 15.3. The highest BCUT2D eigenvalue weighted by Gasteiger charge is 2.38. The van der Waals surface area contributed by atoms with Crippen LogP contribution in [0.15, 0.2) is 53.1 Å². The zero-order chi connectivity index (χ0) is 19.4. The predicted molar refractivity (Wildman–Crippen MR) is 92.6 cm³/mol. The first-order valence-corrected chi connectivity index (χ1v) is 8.00. The lowest BCUT2D eigenvalue weighted by atomic mass is 10.1. The first kappa shape index (κ1) is 18.7. The first-order valence-electron chi connectivity index (χ1n) is 7.62. The van der Waals surface area contributed by atoms with E-state index in [1.54, 1.807) is 48.5 Å². The van der Waals surface area contributed by atoms with Gasteiger partial charge in [0.2, 0.25) is 0 Å². The second kappa shape index (κ2) is 7.67. The van der Waals surface area contributed by atoms with Crippen molar-refractivity contribution in [2.24, 2.45) is 0 Å². The van der Waals surface area contributed by atoms with Crippen molar-refractivity contribution < 1.29 is 22.5 Å². The number of carbonyl (C=O) groups excluding carboxylic acids is 1. The molecule has 3 aromatic rings. The van der Waals surface area contributed by atoms with Crippen LogP contribution in [0.25, 0.3) is 0 Å². The summed E-state index contributed by atoms with van der Waals surface area (Å²) in [5, 5.41) is 9.14. The third kappa shape index (κ3) is 5.20. The number of urea groups is 1. The summed E-state index contributed by atoms with van der Waals surface area (Å²) >= 11 is 5.78. The number of carbonyl (C=O) groups is 1. The lowest BCUT2D eigenvalue weighted by Gasteiger charge is -2.08. The molecule has 1 heterocycles. The Balaban J connectivity index is 1.57. The molecule has 0 spiro atoms. The molecule has 2 amide bonds. The molecule has 0 aliphatic carbocycles. The van der Waals surface area contributed by atoms with Gasteiger partial charge in [-0.1, -0.05) is 28.9 Å². The second-order valence-corrected chi connectivity index (χ2v) is 5.91. The molecule has 10 heteroatoms. The number of alkyl halides is 3. The van der Waals surface area contributed by atoms with Crippen LogP contribution in [0, 0.1) is 0 Å². The third-order valence-electron chi connectivity index (χ3n) is 3.39. The van der Waals surface area contributed by atoms with Crippen molar-refractivity contribution >= 4 is 29.0 Å². The van der Waals surface area contributed by atoms with Crippen LogP contribution < -0.4 is 10.6 Å². The molecular weight excluding hydrogens is 385 g/mol. The van der Waals surface area contributed by atoms with E-state index < -0.39 is 18.1 Å². The van der Waals surface area contributed by atoms with Gasteiger partial charge in [-0.05, 0) is 42.0 Å². The highest BCUT2D eigenvalue weighted by atomic mass is 35.5. The highest BCUT2D eigenvalue weighted by Crippen LogP contribution is 2.27. The molecular formula is C17H12ClF3N4O2. The largest absolute Gasteiger partial charge is 0.471 e. The fraction of sp³-hybridized carbons (Fsp3) is 0.118. The topological polar surface area (TPSA) is 80.0 Å². The quantitative estimate of drug-likeness (QED) is 0.652. The van der Waals surface area contributed by atoms with Gasteiger partial charge in [-0.3, -0.25) is 0 Å². The van der Waals surface area contributed by atoms with Crippen LogP contribution in [0.2, 0.25) is 5.02 Å². The number of hydrogen-bond donors (Lipinski definition) is 2. The number of amides is 2. The number of nitrogens with zero attached hydrogens (tertiary/aromatic N) is 2. The van der Waals surface area contributed by atoms with Crippen molar-refractivity contribution in [3.8, 4) is 0 Å². The van der Waals surface area contributed by atoms with Crippen molar-refractivity contribution in [3.05, 3.63) is 70.8 Å². The van der Waals surface area contributed by atoms with E-state index in [0.29, 0.717) is 22.0 Å². The van der Waals surface area contributed by atoms with Crippen LogP contribution in [0.5, 0.6) is 0 Å². The normalized spacial score (nSPS) is 11.3. The van der Waals surface area contributed by atoms with E-state index in [0.717, 1.165) is 0 Å². The molecule has 0 aliphatic rings. The van der Waals surface area contributed by atoms with E-state index in [-0.39, 0.29) is 12.2 Å². The van der Waals surface area contributed by atoms with Crippen molar-refractivity contribution in [2.75, 3.05) is 10.6 Å². The summed E-state index contributed by atoms with van der Waals surface area (Å²) in [6, 6.07) is 12.7. The number of rotatable bonds is 4. The smallest absolute Gasteiger partial charge is 0.329 e. The summed E-state index contributed by atoms with van der Waals surface area (Å²) in [6.07, 6.45) is -4.60. The van der Waals surface area contributed by atoms with Gasteiger partial charge in [-0.2, -0.15) is 18.2 Å². The van der Waals surface area contributed by atoms with Gasteiger partial charge in [0.25, 0.3) is 0 Å². The number of benzene rings is 2. The average molecular weight is 397 g/mol. The molecule has 0 saturated heterocycles. The Labute approximate surface area is 156 Å². The van der Waals surface area contributed by atoms with Crippen LogP contribution >= 0.6 is 11.6 Å². The molecule has 2 aromatic carbocycles. The number of anilines is 2. The Bertz CT molecular complexity index is 925. The van der Waals surface area contributed by atoms with Crippen molar-refractivity contribution in [3.63, 3.8) is 0 Å². The lowest BCUT2D eigenvalue weighted by molar-refractivity contribution is -0.159. The Kier molecular flexibility index (Phi) is 5.31. The Morgan fingerprint density at radius 3 is 2.07 bits per heavy atom. The molecule has 0 saturated carbocycles. The molecule has 0 aliphatic heterocycles. The van der Waals surface area contributed by atoms with E-state index in [2.05, 4.69) is 25.3 Å². The molecule has 0 bridgehead atoms. The standard InChI is InChI=1S/C17H12ClF3N4O2/c18-11-3-7-13(8-4-11)23-16(26)22-12-5-1-10(2-6-12)9-14-24-15(27-25-14)17(19,20)21/h1-8H,9H2,(H2,22,23,26). The van der Waals surface area contributed by atoms with Gasteiger partial charge in [-0.25, -0.2) is 4.79 Å². The SMILES string of the molecule is O=C(Nc1ccc(Cl)cc1)Nc1ccc(Cc2noc(C(F)(F)F)n2)cc1. The molecule has 0 atom stereocenters. The first-order chi connectivity index (χ1) is 12.8. The zero-order valence-corrected chi connectivity index (χ0v) is 14.3. The van der Waals surface area contributed by atoms with Gasteiger partial charge in [0.1, 0.15) is 0 Å². The minimum Gasteiger partial charge on any atom is -0.329 e. The van der Waals surface area contributed by atoms with E-state index in [1.807, 2.05) is 0 Å². The van der Waals surface area contributed by atoms with E-state index in [1.165, 1.54) is 0 Å². The van der Waals surface area contributed by atoms with Crippen LogP contribution in [0.4, 0.5) is 29.3 Å². The van der Waals surface area contributed by atoms with Gasteiger partial charge in [0.05, 0.1) is 0 Å². The monoisotopic (exact) mass is 396 g/mol. The van der Waals surface area contributed by atoms with Crippen molar-refractivity contribution in [1.82, 2.24) is 10.1 Å². The summed E-state index contributed by atoms with van der Waals surface area (Å²) in [5.74, 6) is -1.46. The molecule has 0 unspecified atom stereocenters. The van der Waals surface area contributed by atoms with Gasteiger partial charge in [-0.15, -0.1) is 0 Å². The fourth-order valence-electron chi connectivity index (χ4n) is 2.16. The summed E-state index contributed by atoms with van der Waals surface area (Å²) < 4.78 is 41.5. The number of hydrogen-bond acceptors (Lipinski definition) is 4. The predicted octanol–water partition coefficient (Wildman–Crippen LogP) is 4.98. The molecule has 6 nitrogen and oxygen atoms in total. The van der Waals surface area contributed by atoms with Crippen LogP contribution in [0.1, 0.15) is 17.3 Å². The van der Waals surface area contributed by atoms with Crippen LogP contribution in [0.3, 0.4) is 0 Å². The van der Waals surface area contributed by atoms with E-state index in [9.17, 15) is 18.0 Å². The Morgan fingerprint density at radius 2 is 1.56 bits per heavy atom. The van der Waals surface area contributed by atoms with Crippen LogP contribution in [-0.2, 0) is 12.6 Å². The number of nitrogens with one attached hydrogen (secondary N) is 2. The third-order valence-corrected chi connectivity index (χ3v) is 3.64. The Morgan fingerprint density at radius 1 is 1.00 bits per heavy atom. The molecule has 3 rings (SSSR count). The Hall–Kier alpha value is -3.07. The summed E-state index contributed by atoms with van der Waals surface area (Å²) in [7, 11) is 0. The van der Waals surface area contributed by atoms with Gasteiger partial charge in [0, 0.05) is 22.8 Å². The minimum absolute atomic E-state index is 0.0663.